The van der Waals surface area contributed by atoms with Gasteiger partial charge in [-0.15, -0.1) is 0 Å². The van der Waals surface area contributed by atoms with E-state index in [1.165, 1.54) is 19.2 Å². The zero-order valence-electron chi connectivity index (χ0n) is 10.3. The molecule has 0 atom stereocenters. The lowest BCUT2D eigenvalue weighted by Crippen LogP contribution is -2.08. The van der Waals surface area contributed by atoms with Gasteiger partial charge in [0.2, 0.25) is 0 Å². The highest BCUT2D eigenvalue weighted by molar-refractivity contribution is 9.10. The van der Waals surface area contributed by atoms with E-state index >= 15 is 0 Å². The third kappa shape index (κ3) is 3.45. The average Bonchev–Trinajstić information content (AvgIpc) is 2.38. The molecule has 0 heterocycles. The zero-order chi connectivity index (χ0) is 14.7. The molecule has 2 rings (SSSR count). The molecule has 0 amide bonds. The molecule has 0 aliphatic heterocycles. The first-order valence-electron chi connectivity index (χ1n) is 5.52. The quantitative estimate of drug-likeness (QED) is 0.560. The Morgan fingerprint density at radius 2 is 1.80 bits per heavy atom. The molecule has 2 aromatic carbocycles. The van der Waals surface area contributed by atoms with E-state index < -0.39 is 5.97 Å². The van der Waals surface area contributed by atoms with Gasteiger partial charge in [-0.3, -0.25) is 0 Å². The van der Waals surface area contributed by atoms with Crippen LogP contribution in [0.4, 0.5) is 0 Å². The van der Waals surface area contributed by atoms with Gasteiger partial charge in [-0.1, -0.05) is 45.2 Å². The topological polar surface area (TPSA) is 35.5 Å². The number of esters is 1. The molecule has 20 heavy (non-hydrogen) atoms. The fraction of sp³-hybridized carbons (Fsp3) is 0.0714. The van der Waals surface area contributed by atoms with Gasteiger partial charge in [-0.2, -0.15) is 0 Å². The lowest BCUT2D eigenvalue weighted by Gasteiger charge is -2.09. The second-order valence-electron chi connectivity index (χ2n) is 3.82. The van der Waals surface area contributed by atoms with Crippen LogP contribution in [0.25, 0.3) is 0 Å². The minimum Gasteiger partial charge on any atom is -0.494 e. The fourth-order valence-electron chi connectivity index (χ4n) is 1.57. The first-order valence-corrected chi connectivity index (χ1v) is 7.07. The zero-order valence-corrected chi connectivity index (χ0v) is 13.4. The summed E-state index contributed by atoms with van der Waals surface area (Å²) < 4.78 is 11.1. The third-order valence-corrected chi connectivity index (χ3v) is 3.50. The normalized spacial score (nSPS) is 10.2. The van der Waals surface area contributed by atoms with Gasteiger partial charge in [0.05, 0.1) is 22.7 Å². The molecule has 0 saturated carbocycles. The van der Waals surface area contributed by atoms with E-state index in [9.17, 15) is 4.79 Å². The summed E-state index contributed by atoms with van der Waals surface area (Å²) in [6.45, 7) is 0. The number of halogens is 3. The van der Waals surface area contributed by atoms with Gasteiger partial charge >= 0.3 is 5.97 Å². The van der Waals surface area contributed by atoms with Crippen LogP contribution in [0.3, 0.4) is 0 Å². The lowest BCUT2D eigenvalue weighted by molar-refractivity contribution is 0.0734. The van der Waals surface area contributed by atoms with Gasteiger partial charge in [-0.25, -0.2) is 4.79 Å². The molecule has 0 bridgehead atoms. The van der Waals surface area contributed by atoms with Crippen LogP contribution in [0.2, 0.25) is 10.0 Å². The first-order chi connectivity index (χ1) is 9.51. The van der Waals surface area contributed by atoms with Gasteiger partial charge in [0.15, 0.2) is 5.75 Å². The molecule has 0 N–H and O–H groups in total. The molecule has 0 radical (unpaired) electrons. The van der Waals surface area contributed by atoms with Crippen molar-refractivity contribution in [3.63, 3.8) is 0 Å². The van der Waals surface area contributed by atoms with Gasteiger partial charge in [0, 0.05) is 4.47 Å². The number of carbonyl (C=O) groups excluding carboxylic acids is 1. The van der Waals surface area contributed by atoms with Crippen molar-refractivity contribution in [2.75, 3.05) is 7.11 Å². The van der Waals surface area contributed by atoms with Crippen molar-refractivity contribution in [3.8, 4) is 11.5 Å². The summed E-state index contributed by atoms with van der Waals surface area (Å²) in [6, 6.07) is 9.86. The van der Waals surface area contributed by atoms with E-state index in [-0.39, 0.29) is 15.6 Å². The Hall–Kier alpha value is -1.23. The first kappa shape index (κ1) is 15.2. The third-order valence-electron chi connectivity index (χ3n) is 2.44. The molecule has 6 heteroatoms. The second kappa shape index (κ2) is 6.48. The predicted octanol–water partition coefficient (Wildman–Crippen LogP) is 4.98. The maximum atomic E-state index is 12.0. The minimum atomic E-state index is -0.547. The Labute approximate surface area is 134 Å². The van der Waals surface area contributed by atoms with Crippen molar-refractivity contribution in [1.82, 2.24) is 0 Å². The summed E-state index contributed by atoms with van der Waals surface area (Å²) in [7, 11) is 1.45. The Morgan fingerprint density at radius 3 is 2.35 bits per heavy atom. The number of benzene rings is 2. The van der Waals surface area contributed by atoms with E-state index in [0.717, 1.165) is 4.47 Å². The van der Waals surface area contributed by atoms with E-state index in [0.29, 0.717) is 11.5 Å². The summed E-state index contributed by atoms with van der Waals surface area (Å²) in [4.78, 5) is 12.0. The number of hydrogen-bond donors (Lipinski definition) is 0. The largest absolute Gasteiger partial charge is 0.494 e. The SMILES string of the molecule is COc1c(Cl)cc(C(=O)Oc2cccc(Br)c2)cc1Cl. The van der Waals surface area contributed by atoms with Crippen molar-refractivity contribution in [2.24, 2.45) is 0 Å². The molecular weight excluding hydrogens is 367 g/mol. The van der Waals surface area contributed by atoms with Gasteiger partial charge in [0.25, 0.3) is 0 Å². The van der Waals surface area contributed by atoms with Gasteiger partial charge in [-0.05, 0) is 30.3 Å². The monoisotopic (exact) mass is 374 g/mol. The van der Waals surface area contributed by atoms with E-state index in [2.05, 4.69) is 15.9 Å². The number of methoxy groups -OCH3 is 1. The van der Waals surface area contributed by atoms with Gasteiger partial charge in [0.1, 0.15) is 5.75 Å². The maximum Gasteiger partial charge on any atom is 0.343 e. The van der Waals surface area contributed by atoms with Crippen molar-refractivity contribution in [1.29, 1.82) is 0 Å². The van der Waals surface area contributed by atoms with E-state index in [1.54, 1.807) is 18.2 Å². The van der Waals surface area contributed by atoms with Crippen LogP contribution in [0.5, 0.6) is 11.5 Å². The molecule has 104 valence electrons. The van der Waals surface area contributed by atoms with Crippen molar-refractivity contribution >= 4 is 45.1 Å². The molecule has 2 aromatic rings. The molecular formula is C14H9BrCl2O3. The second-order valence-corrected chi connectivity index (χ2v) is 5.55. The van der Waals surface area contributed by atoms with Gasteiger partial charge < -0.3 is 9.47 Å². The van der Waals surface area contributed by atoms with Crippen LogP contribution >= 0.6 is 39.1 Å². The predicted molar refractivity (Wildman–Crippen MR) is 82.1 cm³/mol. The van der Waals surface area contributed by atoms with Crippen molar-refractivity contribution in [2.45, 2.75) is 0 Å². The molecule has 0 spiro atoms. The number of hydrogen-bond acceptors (Lipinski definition) is 3. The molecule has 0 saturated heterocycles. The Kier molecular flexibility index (Phi) is 4.91. The summed E-state index contributed by atoms with van der Waals surface area (Å²) in [5, 5.41) is 0.502. The highest BCUT2D eigenvalue weighted by Gasteiger charge is 2.15. The Morgan fingerprint density at radius 1 is 1.15 bits per heavy atom. The van der Waals surface area contributed by atoms with Crippen LogP contribution in [0.15, 0.2) is 40.9 Å². The van der Waals surface area contributed by atoms with E-state index in [4.69, 9.17) is 32.7 Å². The standard InChI is InChI=1S/C14H9BrCl2O3/c1-19-13-11(16)5-8(6-12(13)17)14(18)20-10-4-2-3-9(15)7-10/h2-7H,1H3. The lowest BCUT2D eigenvalue weighted by atomic mass is 10.2. The summed E-state index contributed by atoms with van der Waals surface area (Å²) in [6.07, 6.45) is 0. The molecule has 0 unspecified atom stereocenters. The van der Waals surface area contributed by atoms with Crippen LogP contribution in [-0.4, -0.2) is 13.1 Å². The number of ether oxygens (including phenoxy) is 2. The molecule has 3 nitrogen and oxygen atoms in total. The van der Waals surface area contributed by atoms with Crippen LogP contribution in [0, 0.1) is 0 Å². The molecule has 0 aliphatic rings. The summed E-state index contributed by atoms with van der Waals surface area (Å²) in [5.41, 5.74) is 0.251. The van der Waals surface area contributed by atoms with Crippen LogP contribution in [-0.2, 0) is 0 Å². The average molecular weight is 376 g/mol. The van der Waals surface area contributed by atoms with Crippen molar-refractivity contribution < 1.29 is 14.3 Å². The smallest absolute Gasteiger partial charge is 0.343 e. The van der Waals surface area contributed by atoms with Crippen molar-refractivity contribution in [3.05, 3.63) is 56.5 Å². The number of carbonyl (C=O) groups is 1. The molecule has 0 fully saturated rings. The Bertz CT molecular complexity index is 636. The molecule has 0 aliphatic carbocycles. The Balaban J connectivity index is 2.26. The fourth-order valence-corrected chi connectivity index (χ4v) is 2.59. The summed E-state index contributed by atoms with van der Waals surface area (Å²) in [5.74, 6) is 0.203. The van der Waals surface area contributed by atoms with Crippen LogP contribution < -0.4 is 9.47 Å². The number of rotatable bonds is 3. The minimum absolute atomic E-state index is 0.251. The maximum absolute atomic E-state index is 12.0. The highest BCUT2D eigenvalue weighted by Crippen LogP contribution is 2.34. The van der Waals surface area contributed by atoms with Crippen LogP contribution in [0.1, 0.15) is 10.4 Å². The molecule has 0 aromatic heterocycles. The van der Waals surface area contributed by atoms with E-state index in [1.807, 2.05) is 6.07 Å². The summed E-state index contributed by atoms with van der Waals surface area (Å²) >= 11 is 15.3. The highest BCUT2D eigenvalue weighted by atomic mass is 79.9.